The van der Waals surface area contributed by atoms with Crippen molar-refractivity contribution in [1.29, 1.82) is 0 Å². The molecule has 9 nitrogen and oxygen atoms in total. The molecule has 5 aromatic rings. The molecule has 0 radical (unpaired) electrons. The monoisotopic (exact) mass is 490 g/mol. The first-order valence-corrected chi connectivity index (χ1v) is 10.4. The number of hydrogen-bond donors (Lipinski definition) is 1. The lowest BCUT2D eigenvalue weighted by molar-refractivity contribution is -0.117. The molecule has 1 N–H and O–H groups in total. The number of benzene rings is 2. The summed E-state index contributed by atoms with van der Waals surface area (Å²) in [5.74, 6) is 0.280. The SMILES string of the molecule is O=C(Cn1nc2c(-c3nc(-c4ccccc4)no3)cccn2c1=O)Nc1cccc(Br)c1. The Labute approximate surface area is 189 Å². The van der Waals surface area contributed by atoms with E-state index in [0.29, 0.717) is 22.7 Å². The van der Waals surface area contributed by atoms with Crippen LogP contribution >= 0.6 is 15.9 Å². The van der Waals surface area contributed by atoms with Gasteiger partial charge in [0.15, 0.2) is 5.65 Å². The summed E-state index contributed by atoms with van der Waals surface area (Å²) in [4.78, 5) is 29.7. The number of halogens is 1. The van der Waals surface area contributed by atoms with Gasteiger partial charge >= 0.3 is 5.69 Å². The second kappa shape index (κ2) is 8.23. The number of pyridine rings is 1. The number of aromatic nitrogens is 5. The van der Waals surface area contributed by atoms with Gasteiger partial charge in [0.2, 0.25) is 11.7 Å². The van der Waals surface area contributed by atoms with Crippen LogP contribution in [0.4, 0.5) is 5.69 Å². The molecule has 0 saturated heterocycles. The van der Waals surface area contributed by atoms with Crippen molar-refractivity contribution in [3.8, 4) is 22.8 Å². The number of hydrogen-bond acceptors (Lipinski definition) is 6. The van der Waals surface area contributed by atoms with E-state index >= 15 is 0 Å². The van der Waals surface area contributed by atoms with Crippen LogP contribution in [-0.2, 0) is 11.3 Å². The van der Waals surface area contributed by atoms with Gasteiger partial charge in [-0.3, -0.25) is 4.79 Å². The van der Waals surface area contributed by atoms with E-state index in [-0.39, 0.29) is 18.3 Å². The minimum absolute atomic E-state index is 0.227. The van der Waals surface area contributed by atoms with Gasteiger partial charge in [-0.05, 0) is 30.3 Å². The molecule has 158 valence electrons. The lowest BCUT2D eigenvalue weighted by Crippen LogP contribution is -2.28. The van der Waals surface area contributed by atoms with Crippen molar-refractivity contribution in [2.24, 2.45) is 0 Å². The van der Waals surface area contributed by atoms with E-state index in [1.165, 1.54) is 4.40 Å². The van der Waals surface area contributed by atoms with E-state index in [4.69, 9.17) is 4.52 Å². The van der Waals surface area contributed by atoms with Gasteiger partial charge in [-0.2, -0.15) is 4.98 Å². The number of nitrogens with zero attached hydrogens (tertiary/aromatic N) is 5. The van der Waals surface area contributed by atoms with Gasteiger partial charge in [0.25, 0.3) is 5.89 Å². The van der Waals surface area contributed by atoms with E-state index in [1.807, 2.05) is 36.4 Å². The van der Waals surface area contributed by atoms with Gasteiger partial charge in [-0.25, -0.2) is 13.9 Å². The maximum Gasteiger partial charge on any atom is 0.350 e. The first kappa shape index (κ1) is 19.9. The summed E-state index contributed by atoms with van der Waals surface area (Å²) in [5, 5.41) is 11.1. The molecule has 0 unspecified atom stereocenters. The molecule has 0 aliphatic heterocycles. The smallest absolute Gasteiger partial charge is 0.333 e. The fourth-order valence-electron chi connectivity index (χ4n) is 3.25. The summed E-state index contributed by atoms with van der Waals surface area (Å²) < 4.78 is 8.70. The highest BCUT2D eigenvalue weighted by molar-refractivity contribution is 9.10. The second-order valence-electron chi connectivity index (χ2n) is 6.90. The third-order valence-electron chi connectivity index (χ3n) is 4.70. The molecule has 2 aromatic carbocycles. The Morgan fingerprint density at radius 3 is 2.72 bits per heavy atom. The number of rotatable bonds is 5. The molecule has 10 heteroatoms. The van der Waals surface area contributed by atoms with Crippen LogP contribution in [0.25, 0.3) is 28.5 Å². The van der Waals surface area contributed by atoms with Crippen LogP contribution in [0.15, 0.2) is 86.7 Å². The van der Waals surface area contributed by atoms with Crippen molar-refractivity contribution < 1.29 is 9.32 Å². The normalized spacial score (nSPS) is 11.0. The number of anilines is 1. The van der Waals surface area contributed by atoms with Crippen molar-refractivity contribution >= 4 is 33.2 Å². The topological polar surface area (TPSA) is 107 Å². The van der Waals surface area contributed by atoms with Gasteiger partial charge in [0.05, 0.1) is 5.56 Å². The van der Waals surface area contributed by atoms with Crippen LogP contribution in [0.3, 0.4) is 0 Å². The van der Waals surface area contributed by atoms with Crippen molar-refractivity contribution in [1.82, 2.24) is 24.3 Å². The summed E-state index contributed by atoms with van der Waals surface area (Å²) in [5.41, 5.74) is 1.78. The van der Waals surface area contributed by atoms with Gasteiger partial charge in [0.1, 0.15) is 6.54 Å². The van der Waals surface area contributed by atoms with Crippen LogP contribution < -0.4 is 11.0 Å². The van der Waals surface area contributed by atoms with Crippen molar-refractivity contribution in [3.05, 3.63) is 87.9 Å². The summed E-state index contributed by atoms with van der Waals surface area (Å²) >= 11 is 3.36. The highest BCUT2D eigenvalue weighted by Crippen LogP contribution is 2.24. The maximum absolute atomic E-state index is 12.8. The average Bonchev–Trinajstić information content (AvgIpc) is 3.40. The highest BCUT2D eigenvalue weighted by Gasteiger charge is 2.18. The molecule has 0 bridgehead atoms. The second-order valence-corrected chi connectivity index (χ2v) is 7.82. The molecule has 0 aliphatic carbocycles. The van der Waals surface area contributed by atoms with Crippen LogP contribution in [0, 0.1) is 0 Å². The minimum Gasteiger partial charge on any atom is -0.333 e. The summed E-state index contributed by atoms with van der Waals surface area (Å²) in [7, 11) is 0. The van der Waals surface area contributed by atoms with E-state index in [9.17, 15) is 9.59 Å². The molecule has 0 atom stereocenters. The number of nitrogens with one attached hydrogen (secondary N) is 1. The minimum atomic E-state index is -0.450. The van der Waals surface area contributed by atoms with Crippen LogP contribution in [-0.4, -0.2) is 30.2 Å². The number of carbonyl (C=O) groups is 1. The van der Waals surface area contributed by atoms with Crippen molar-refractivity contribution in [3.63, 3.8) is 0 Å². The zero-order valence-electron chi connectivity index (χ0n) is 16.5. The predicted molar refractivity (Wildman–Crippen MR) is 121 cm³/mol. The van der Waals surface area contributed by atoms with E-state index in [2.05, 4.69) is 36.5 Å². The molecule has 0 saturated carbocycles. The number of fused-ring (bicyclic) bond motifs is 1. The Kier molecular flexibility index (Phi) is 5.12. The zero-order valence-corrected chi connectivity index (χ0v) is 18.1. The first-order valence-electron chi connectivity index (χ1n) is 9.61. The number of amides is 1. The Morgan fingerprint density at radius 1 is 1.06 bits per heavy atom. The van der Waals surface area contributed by atoms with Crippen LogP contribution in [0.1, 0.15) is 0 Å². The van der Waals surface area contributed by atoms with E-state index in [0.717, 1.165) is 14.7 Å². The summed E-state index contributed by atoms with van der Waals surface area (Å²) in [6.07, 6.45) is 1.57. The van der Waals surface area contributed by atoms with Gasteiger partial charge < -0.3 is 9.84 Å². The average molecular weight is 491 g/mol. The maximum atomic E-state index is 12.8. The quantitative estimate of drug-likeness (QED) is 0.403. The molecule has 0 aliphatic rings. The third-order valence-corrected chi connectivity index (χ3v) is 5.19. The largest absolute Gasteiger partial charge is 0.350 e. The Balaban J connectivity index is 1.46. The standard InChI is InChI=1S/C22H15BrN6O3/c23-15-8-4-9-16(12-15)24-18(30)13-29-22(31)28-11-5-10-17(20(28)26-29)21-25-19(27-32-21)14-6-2-1-3-7-14/h1-12H,13H2,(H,24,30). The van der Waals surface area contributed by atoms with E-state index in [1.54, 1.807) is 36.5 Å². The summed E-state index contributed by atoms with van der Waals surface area (Å²) in [6, 6.07) is 20.0. The fourth-order valence-corrected chi connectivity index (χ4v) is 3.65. The molecule has 1 amide bonds. The molecule has 0 spiro atoms. The lowest BCUT2D eigenvalue weighted by Gasteiger charge is -2.04. The Morgan fingerprint density at radius 2 is 1.91 bits per heavy atom. The molecule has 3 aromatic heterocycles. The molecular formula is C22H15BrN6O3. The lowest BCUT2D eigenvalue weighted by atomic mass is 10.2. The molecular weight excluding hydrogens is 476 g/mol. The third kappa shape index (κ3) is 3.83. The van der Waals surface area contributed by atoms with Crippen LogP contribution in [0.5, 0.6) is 0 Å². The first-order chi connectivity index (χ1) is 15.6. The van der Waals surface area contributed by atoms with E-state index < -0.39 is 5.69 Å². The molecule has 3 heterocycles. The predicted octanol–water partition coefficient (Wildman–Crippen LogP) is 3.61. The molecule has 32 heavy (non-hydrogen) atoms. The van der Waals surface area contributed by atoms with Gasteiger partial charge in [-0.1, -0.05) is 57.5 Å². The van der Waals surface area contributed by atoms with Gasteiger partial charge in [0, 0.05) is 21.9 Å². The Bertz CT molecular complexity index is 1490. The molecule has 5 rings (SSSR count). The zero-order chi connectivity index (χ0) is 22.1. The van der Waals surface area contributed by atoms with Crippen LogP contribution in [0.2, 0.25) is 0 Å². The van der Waals surface area contributed by atoms with Gasteiger partial charge in [-0.15, -0.1) is 5.10 Å². The van der Waals surface area contributed by atoms with Crippen molar-refractivity contribution in [2.45, 2.75) is 6.54 Å². The number of carbonyl (C=O) groups excluding carboxylic acids is 1. The fraction of sp³-hybridized carbons (Fsp3) is 0.0455. The summed E-state index contributed by atoms with van der Waals surface area (Å²) in [6.45, 7) is -0.244. The molecule has 0 fully saturated rings. The Hall–Kier alpha value is -4.05. The van der Waals surface area contributed by atoms with Crippen molar-refractivity contribution in [2.75, 3.05) is 5.32 Å². The highest BCUT2D eigenvalue weighted by atomic mass is 79.9.